The standard InChI is InChI=1S/C15H16ClFN4O/c1-20-13-7-14(22-2)12(18)6-9(13)15(19)21-8-3-4-11(17)10(16)5-8/h3-7,20H,18H2,1-2H3,(H2,19,21). The summed E-state index contributed by atoms with van der Waals surface area (Å²) in [7, 11) is 3.26. The van der Waals surface area contributed by atoms with E-state index in [9.17, 15) is 4.39 Å². The third-order valence-electron chi connectivity index (χ3n) is 3.10. The van der Waals surface area contributed by atoms with Crippen molar-refractivity contribution < 1.29 is 9.13 Å². The number of nitrogens with one attached hydrogen (secondary N) is 3. The average Bonchev–Trinajstić information content (AvgIpc) is 2.50. The van der Waals surface area contributed by atoms with Crippen LogP contribution in [-0.4, -0.2) is 20.0 Å². The molecule has 2 aromatic carbocycles. The molecule has 0 unspecified atom stereocenters. The Hall–Kier alpha value is -2.47. The molecule has 0 aliphatic heterocycles. The molecule has 7 heteroatoms. The molecule has 2 rings (SSSR count). The Labute approximate surface area is 132 Å². The number of benzene rings is 2. The van der Waals surface area contributed by atoms with Gasteiger partial charge in [-0.05, 0) is 24.3 Å². The fraction of sp³-hybridized carbons (Fsp3) is 0.133. The first-order valence-corrected chi connectivity index (χ1v) is 6.80. The number of hydrogen-bond acceptors (Lipinski definition) is 4. The molecule has 0 aromatic heterocycles. The summed E-state index contributed by atoms with van der Waals surface area (Å²) in [6, 6.07) is 7.49. The molecule has 0 radical (unpaired) electrons. The Bertz CT molecular complexity index is 721. The summed E-state index contributed by atoms with van der Waals surface area (Å²) in [5, 5.41) is 14.0. The second-order valence-electron chi connectivity index (χ2n) is 4.52. The van der Waals surface area contributed by atoms with Crippen LogP contribution in [0, 0.1) is 11.2 Å². The summed E-state index contributed by atoms with van der Waals surface area (Å²) in [4.78, 5) is 0. The van der Waals surface area contributed by atoms with E-state index in [0.29, 0.717) is 28.4 Å². The molecule has 0 bridgehead atoms. The summed E-state index contributed by atoms with van der Waals surface area (Å²) in [5.74, 6) is 0.107. The minimum atomic E-state index is -0.511. The number of rotatable bonds is 4. The van der Waals surface area contributed by atoms with E-state index in [0.717, 1.165) is 0 Å². The van der Waals surface area contributed by atoms with Crippen molar-refractivity contribution in [3.8, 4) is 5.75 Å². The minimum absolute atomic E-state index is 0.0131. The van der Waals surface area contributed by atoms with Crippen molar-refractivity contribution >= 4 is 34.5 Å². The zero-order valence-corrected chi connectivity index (χ0v) is 12.9. The van der Waals surface area contributed by atoms with Crippen molar-refractivity contribution in [2.75, 3.05) is 30.5 Å². The van der Waals surface area contributed by atoms with Gasteiger partial charge in [0, 0.05) is 30.1 Å². The van der Waals surface area contributed by atoms with Gasteiger partial charge in [0.2, 0.25) is 0 Å². The van der Waals surface area contributed by atoms with Crippen molar-refractivity contribution in [3.63, 3.8) is 0 Å². The van der Waals surface area contributed by atoms with Crippen LogP contribution in [0.2, 0.25) is 5.02 Å². The highest BCUT2D eigenvalue weighted by molar-refractivity contribution is 6.31. The summed E-state index contributed by atoms with van der Waals surface area (Å²) in [6.07, 6.45) is 0. The molecule has 5 nitrogen and oxygen atoms in total. The Balaban J connectivity index is 2.32. The van der Waals surface area contributed by atoms with E-state index in [2.05, 4.69) is 10.6 Å². The topological polar surface area (TPSA) is 83.2 Å². The average molecular weight is 323 g/mol. The van der Waals surface area contributed by atoms with Crippen LogP contribution < -0.4 is 21.1 Å². The van der Waals surface area contributed by atoms with Crippen molar-refractivity contribution in [3.05, 3.63) is 46.7 Å². The Morgan fingerprint density at radius 2 is 2.05 bits per heavy atom. The summed E-state index contributed by atoms with van der Waals surface area (Å²) < 4.78 is 18.3. The van der Waals surface area contributed by atoms with Gasteiger partial charge in [0.15, 0.2) is 0 Å². The number of nitrogens with two attached hydrogens (primary N) is 1. The first-order chi connectivity index (χ1) is 10.5. The van der Waals surface area contributed by atoms with Gasteiger partial charge < -0.3 is 21.1 Å². The maximum Gasteiger partial charge on any atom is 0.143 e. The number of anilines is 3. The van der Waals surface area contributed by atoms with Gasteiger partial charge >= 0.3 is 0 Å². The molecule has 0 aliphatic rings. The SMILES string of the molecule is CNc1cc(OC)c(N)cc1C(=N)Nc1ccc(F)c(Cl)c1. The third-order valence-corrected chi connectivity index (χ3v) is 3.39. The van der Waals surface area contributed by atoms with Gasteiger partial charge in [-0.25, -0.2) is 4.39 Å². The Kier molecular flexibility index (Phi) is 4.72. The summed E-state index contributed by atoms with van der Waals surface area (Å²) in [5.41, 5.74) is 8.04. The van der Waals surface area contributed by atoms with Crippen LogP contribution in [-0.2, 0) is 0 Å². The summed E-state index contributed by atoms with van der Waals surface area (Å²) >= 11 is 5.73. The normalized spacial score (nSPS) is 10.2. The molecular formula is C15H16ClFN4O. The van der Waals surface area contributed by atoms with Gasteiger partial charge in [0.05, 0.1) is 17.8 Å². The first-order valence-electron chi connectivity index (χ1n) is 6.42. The maximum absolute atomic E-state index is 13.2. The monoisotopic (exact) mass is 322 g/mol. The predicted molar refractivity (Wildman–Crippen MR) is 88.8 cm³/mol. The number of halogens is 2. The molecule has 0 amide bonds. The van der Waals surface area contributed by atoms with E-state index >= 15 is 0 Å². The van der Waals surface area contributed by atoms with Crippen molar-refractivity contribution in [2.45, 2.75) is 0 Å². The zero-order valence-electron chi connectivity index (χ0n) is 12.1. The smallest absolute Gasteiger partial charge is 0.143 e. The van der Waals surface area contributed by atoms with Crippen LogP contribution >= 0.6 is 11.6 Å². The highest BCUT2D eigenvalue weighted by Crippen LogP contribution is 2.30. The molecule has 0 aliphatic carbocycles. The van der Waals surface area contributed by atoms with Crippen molar-refractivity contribution in [2.24, 2.45) is 0 Å². The molecule has 0 atom stereocenters. The molecule has 0 saturated carbocycles. The number of amidine groups is 1. The van der Waals surface area contributed by atoms with Crippen LogP contribution in [0.3, 0.4) is 0 Å². The molecule has 116 valence electrons. The molecule has 22 heavy (non-hydrogen) atoms. The van der Waals surface area contributed by atoms with E-state index in [1.807, 2.05) is 0 Å². The van der Waals surface area contributed by atoms with Crippen LogP contribution in [0.25, 0.3) is 0 Å². The van der Waals surface area contributed by atoms with E-state index in [-0.39, 0.29) is 10.9 Å². The number of nitrogen functional groups attached to an aromatic ring is 1. The fourth-order valence-electron chi connectivity index (χ4n) is 1.97. The van der Waals surface area contributed by atoms with E-state index in [4.69, 9.17) is 27.5 Å². The lowest BCUT2D eigenvalue weighted by Crippen LogP contribution is -2.15. The van der Waals surface area contributed by atoms with Gasteiger partial charge in [-0.15, -0.1) is 0 Å². The predicted octanol–water partition coefficient (Wildman–Crippen LogP) is 3.55. The largest absolute Gasteiger partial charge is 0.495 e. The first kappa shape index (κ1) is 15.9. The lowest BCUT2D eigenvalue weighted by molar-refractivity contribution is 0.417. The van der Waals surface area contributed by atoms with Crippen LogP contribution in [0.15, 0.2) is 30.3 Å². The van der Waals surface area contributed by atoms with E-state index in [1.165, 1.54) is 25.3 Å². The maximum atomic E-state index is 13.2. The molecule has 0 fully saturated rings. The van der Waals surface area contributed by atoms with Crippen LogP contribution in [0.5, 0.6) is 5.75 Å². The highest BCUT2D eigenvalue weighted by Gasteiger charge is 2.12. The lowest BCUT2D eigenvalue weighted by Gasteiger charge is -2.15. The van der Waals surface area contributed by atoms with Gasteiger partial charge in [0.25, 0.3) is 0 Å². The molecule has 2 aromatic rings. The van der Waals surface area contributed by atoms with Crippen molar-refractivity contribution in [1.29, 1.82) is 5.41 Å². The van der Waals surface area contributed by atoms with Gasteiger partial charge in [-0.3, -0.25) is 5.41 Å². The molecule has 0 saturated heterocycles. The molecule has 0 heterocycles. The van der Waals surface area contributed by atoms with Gasteiger partial charge in [0.1, 0.15) is 17.4 Å². The summed E-state index contributed by atoms with van der Waals surface area (Å²) in [6.45, 7) is 0. The quantitative estimate of drug-likeness (QED) is 0.394. The second-order valence-corrected chi connectivity index (χ2v) is 4.93. The van der Waals surface area contributed by atoms with Crippen molar-refractivity contribution in [1.82, 2.24) is 0 Å². The Morgan fingerprint density at radius 3 is 2.64 bits per heavy atom. The third kappa shape index (κ3) is 3.23. The zero-order chi connectivity index (χ0) is 16.3. The molecule has 0 spiro atoms. The number of ether oxygens (including phenoxy) is 1. The van der Waals surface area contributed by atoms with Gasteiger partial charge in [-0.1, -0.05) is 11.6 Å². The second kappa shape index (κ2) is 6.53. The number of hydrogen-bond donors (Lipinski definition) is 4. The Morgan fingerprint density at radius 1 is 1.32 bits per heavy atom. The van der Waals surface area contributed by atoms with Gasteiger partial charge in [-0.2, -0.15) is 0 Å². The van der Waals surface area contributed by atoms with Crippen LogP contribution in [0.1, 0.15) is 5.56 Å². The fourth-order valence-corrected chi connectivity index (χ4v) is 2.15. The lowest BCUT2D eigenvalue weighted by atomic mass is 10.1. The number of methoxy groups -OCH3 is 1. The highest BCUT2D eigenvalue weighted by atomic mass is 35.5. The van der Waals surface area contributed by atoms with E-state index < -0.39 is 5.82 Å². The minimum Gasteiger partial charge on any atom is -0.495 e. The molecule has 5 N–H and O–H groups in total. The molecular weight excluding hydrogens is 307 g/mol. The van der Waals surface area contributed by atoms with E-state index in [1.54, 1.807) is 19.2 Å². The van der Waals surface area contributed by atoms with Crippen LogP contribution in [0.4, 0.5) is 21.5 Å².